The number of thiocarbonyl (C=S) groups is 1. The molecule has 0 atom stereocenters. The summed E-state index contributed by atoms with van der Waals surface area (Å²) in [5, 5.41) is 1.26. The summed E-state index contributed by atoms with van der Waals surface area (Å²) < 4.78 is 15.2. The number of hydrogen-bond acceptors (Lipinski definition) is 5. The second-order valence-electron chi connectivity index (χ2n) is 8.02. The third-order valence-corrected chi connectivity index (χ3v) is 6.89. The van der Waals surface area contributed by atoms with Crippen LogP contribution in [0.2, 0.25) is 10.0 Å². The Labute approximate surface area is 203 Å². The van der Waals surface area contributed by atoms with Gasteiger partial charge in [0.05, 0.1) is 21.4 Å². The minimum absolute atomic E-state index is 0.155. The molecule has 0 aromatic heterocycles. The normalized spacial score (nSPS) is 16.5. The molecule has 4 N–H and O–H groups in total. The van der Waals surface area contributed by atoms with E-state index in [-0.39, 0.29) is 10.9 Å². The molecule has 2 aromatic rings. The van der Waals surface area contributed by atoms with Gasteiger partial charge in [0.2, 0.25) is 0 Å². The molecule has 0 unspecified atom stereocenters. The van der Waals surface area contributed by atoms with Crippen LogP contribution in [0.1, 0.15) is 18.4 Å². The van der Waals surface area contributed by atoms with Crippen LogP contribution in [-0.2, 0) is 6.54 Å². The number of nitrogens with one attached hydrogen (secondary N) is 2. The molecule has 0 amide bonds. The van der Waals surface area contributed by atoms with Crippen LogP contribution < -0.4 is 31.3 Å². The molecule has 2 aromatic carbocycles. The molecule has 2 heterocycles. The van der Waals surface area contributed by atoms with Crippen molar-refractivity contribution in [3.05, 3.63) is 51.8 Å². The molecule has 2 fully saturated rings. The van der Waals surface area contributed by atoms with E-state index in [0.717, 1.165) is 56.0 Å². The number of halogens is 3. The van der Waals surface area contributed by atoms with Crippen molar-refractivity contribution in [2.75, 3.05) is 54.0 Å². The predicted octanol–water partition coefficient (Wildman–Crippen LogP) is 3.90. The number of nitrogens with zero attached hydrogens (tertiary/aromatic N) is 3. The van der Waals surface area contributed by atoms with Gasteiger partial charge in [-0.25, -0.2) is 9.82 Å². The largest absolute Gasteiger partial charge is 0.375 e. The van der Waals surface area contributed by atoms with Crippen molar-refractivity contribution >= 4 is 57.6 Å². The summed E-state index contributed by atoms with van der Waals surface area (Å²) in [6.45, 7) is 5.23. The van der Waals surface area contributed by atoms with E-state index in [4.69, 9.17) is 41.2 Å². The van der Waals surface area contributed by atoms with Crippen molar-refractivity contribution in [3.63, 3.8) is 0 Å². The quantitative estimate of drug-likeness (QED) is 0.414. The van der Waals surface area contributed by atoms with Crippen LogP contribution in [0.25, 0.3) is 0 Å². The Morgan fingerprint density at radius 3 is 2.22 bits per heavy atom. The molecule has 0 aliphatic carbocycles. The van der Waals surface area contributed by atoms with Gasteiger partial charge in [-0.05, 0) is 54.9 Å². The van der Waals surface area contributed by atoms with E-state index in [2.05, 4.69) is 25.6 Å². The highest BCUT2D eigenvalue weighted by Crippen LogP contribution is 2.35. The van der Waals surface area contributed by atoms with Crippen molar-refractivity contribution in [1.82, 2.24) is 10.9 Å². The molecule has 0 radical (unpaired) electrons. The average molecular weight is 497 g/mol. The van der Waals surface area contributed by atoms with Gasteiger partial charge in [-0.3, -0.25) is 5.43 Å². The summed E-state index contributed by atoms with van der Waals surface area (Å²) >= 11 is 17.4. The van der Waals surface area contributed by atoms with Gasteiger partial charge >= 0.3 is 0 Å². The number of nitrogens with two attached hydrogens (primary N) is 1. The van der Waals surface area contributed by atoms with Gasteiger partial charge < -0.3 is 20.4 Å². The maximum Gasteiger partial charge on any atom is 0.178 e. The van der Waals surface area contributed by atoms with Crippen molar-refractivity contribution in [1.29, 1.82) is 0 Å². The third-order valence-electron chi connectivity index (χ3n) is 5.98. The number of piperazine rings is 1. The first kappa shape index (κ1) is 23.2. The summed E-state index contributed by atoms with van der Waals surface area (Å²) in [4.78, 5) is 6.63. The van der Waals surface area contributed by atoms with Crippen LogP contribution in [-0.4, -0.2) is 44.4 Å². The van der Waals surface area contributed by atoms with E-state index in [1.54, 1.807) is 12.1 Å². The van der Waals surface area contributed by atoms with Gasteiger partial charge in [-0.1, -0.05) is 29.3 Å². The van der Waals surface area contributed by atoms with Crippen LogP contribution in [0.15, 0.2) is 30.3 Å². The van der Waals surface area contributed by atoms with Crippen LogP contribution >= 0.6 is 35.4 Å². The lowest BCUT2D eigenvalue weighted by Crippen LogP contribution is -2.47. The highest BCUT2D eigenvalue weighted by Gasteiger charge is 2.25. The number of hydrogen-bond donors (Lipinski definition) is 3. The predicted molar refractivity (Wildman–Crippen MR) is 135 cm³/mol. The average Bonchev–Trinajstić information content (AvgIpc) is 3.30. The monoisotopic (exact) mass is 496 g/mol. The molecular formula is C22H27Cl2FN6S. The smallest absolute Gasteiger partial charge is 0.178 e. The van der Waals surface area contributed by atoms with E-state index >= 15 is 4.39 Å². The van der Waals surface area contributed by atoms with Gasteiger partial charge in [0.1, 0.15) is 5.82 Å². The lowest BCUT2D eigenvalue weighted by molar-refractivity contribution is 0.591. The topological polar surface area (TPSA) is 59.8 Å². The molecule has 0 saturated carbocycles. The van der Waals surface area contributed by atoms with Gasteiger partial charge in [0.25, 0.3) is 0 Å². The van der Waals surface area contributed by atoms with Crippen LogP contribution in [0.3, 0.4) is 0 Å². The number of benzene rings is 2. The van der Waals surface area contributed by atoms with E-state index in [0.29, 0.717) is 35.4 Å². The van der Waals surface area contributed by atoms with E-state index < -0.39 is 0 Å². The Balaban J connectivity index is 1.52. The van der Waals surface area contributed by atoms with Crippen molar-refractivity contribution < 1.29 is 4.39 Å². The van der Waals surface area contributed by atoms with Crippen molar-refractivity contribution in [3.8, 4) is 0 Å². The fourth-order valence-electron chi connectivity index (χ4n) is 4.38. The maximum atomic E-state index is 15.2. The van der Waals surface area contributed by atoms with Crippen molar-refractivity contribution in [2.45, 2.75) is 19.4 Å². The highest BCUT2D eigenvalue weighted by molar-refractivity contribution is 7.80. The molecular weight excluding hydrogens is 470 g/mol. The fourth-order valence-corrected chi connectivity index (χ4v) is 4.87. The molecule has 10 heteroatoms. The van der Waals surface area contributed by atoms with Gasteiger partial charge in [0.15, 0.2) is 5.11 Å². The molecule has 0 bridgehead atoms. The number of hydrazine groups is 1. The first-order valence-electron chi connectivity index (χ1n) is 10.7. The summed E-state index contributed by atoms with van der Waals surface area (Å²) in [6, 6.07) is 9.26. The lowest BCUT2D eigenvalue weighted by Gasteiger charge is -2.38. The highest BCUT2D eigenvalue weighted by atomic mass is 35.5. The zero-order valence-electron chi connectivity index (χ0n) is 17.7. The fraction of sp³-hybridized carbons (Fsp3) is 0.409. The second kappa shape index (κ2) is 10.3. The van der Waals surface area contributed by atoms with E-state index in [9.17, 15) is 0 Å². The van der Waals surface area contributed by atoms with Crippen molar-refractivity contribution in [2.24, 2.45) is 5.73 Å². The minimum Gasteiger partial charge on any atom is -0.375 e. The second-order valence-corrected chi connectivity index (χ2v) is 9.24. The molecule has 6 nitrogen and oxygen atoms in total. The minimum atomic E-state index is -0.227. The Hall–Kier alpha value is -2.00. The third kappa shape index (κ3) is 5.14. The van der Waals surface area contributed by atoms with Crippen LogP contribution in [0, 0.1) is 5.82 Å². The summed E-state index contributed by atoms with van der Waals surface area (Å²) in [5.74, 6) is -0.227. The standard InChI is InChI=1S/C22H27Cl2FN6S/c23-16-4-3-5-18(21(16)24)30-8-10-31(11-9-30)20-13-19(29-6-1-2-7-29)15(12-17(20)25)14-27-28-22(26)32/h3-5,12-13,27H,1-2,6-11,14H2,(H3,26,28,32). The first-order chi connectivity index (χ1) is 15.4. The first-order valence-corrected chi connectivity index (χ1v) is 11.9. The molecule has 2 aliphatic rings. The Kier molecular flexibility index (Phi) is 7.45. The van der Waals surface area contributed by atoms with Gasteiger partial charge in [0, 0.05) is 51.5 Å². The molecule has 4 rings (SSSR count). The van der Waals surface area contributed by atoms with Crippen LogP contribution in [0.5, 0.6) is 0 Å². The summed E-state index contributed by atoms with van der Waals surface area (Å²) in [6.07, 6.45) is 2.29. The summed E-state index contributed by atoms with van der Waals surface area (Å²) in [7, 11) is 0. The maximum absolute atomic E-state index is 15.2. The number of rotatable bonds is 6. The molecule has 2 aliphatic heterocycles. The van der Waals surface area contributed by atoms with Gasteiger partial charge in [-0.2, -0.15) is 0 Å². The SMILES string of the molecule is NC(=S)NNCc1cc(F)c(N2CCN(c3cccc(Cl)c3Cl)CC2)cc1N1CCCC1. The molecule has 0 spiro atoms. The Bertz CT molecular complexity index is 977. The molecule has 2 saturated heterocycles. The molecule has 172 valence electrons. The van der Waals surface area contributed by atoms with E-state index in [1.807, 2.05) is 18.2 Å². The Morgan fingerprint density at radius 1 is 0.938 bits per heavy atom. The lowest BCUT2D eigenvalue weighted by atomic mass is 10.1. The Morgan fingerprint density at radius 2 is 1.56 bits per heavy atom. The zero-order valence-corrected chi connectivity index (χ0v) is 20.0. The van der Waals surface area contributed by atoms with E-state index in [1.165, 1.54) is 0 Å². The molecule has 32 heavy (non-hydrogen) atoms. The van der Waals surface area contributed by atoms with Crippen LogP contribution in [0.4, 0.5) is 21.5 Å². The number of anilines is 3. The van der Waals surface area contributed by atoms with Gasteiger partial charge in [-0.15, -0.1) is 0 Å². The summed E-state index contributed by atoms with van der Waals surface area (Å²) in [5.41, 5.74) is 14.7. The zero-order chi connectivity index (χ0) is 22.7.